The maximum absolute atomic E-state index is 12.3. The van der Waals surface area contributed by atoms with Crippen LogP contribution in [-0.2, 0) is 4.79 Å². The molecule has 0 radical (unpaired) electrons. The Balaban J connectivity index is 1.64. The van der Waals surface area contributed by atoms with Crippen molar-refractivity contribution in [2.45, 2.75) is 27.7 Å². The third-order valence-corrected chi connectivity index (χ3v) is 5.07. The van der Waals surface area contributed by atoms with Crippen LogP contribution in [0.3, 0.4) is 0 Å². The van der Waals surface area contributed by atoms with Crippen LogP contribution in [0.4, 0.5) is 5.13 Å². The molecule has 0 aliphatic carbocycles. The van der Waals surface area contributed by atoms with Crippen LogP contribution in [0.15, 0.2) is 42.5 Å². The van der Waals surface area contributed by atoms with Gasteiger partial charge in [0.15, 0.2) is 11.7 Å². The molecule has 3 rings (SSSR count). The Morgan fingerprint density at radius 1 is 1.07 bits per heavy atom. The molecule has 3 aromatic rings. The quantitative estimate of drug-likeness (QED) is 0.600. The van der Waals surface area contributed by atoms with E-state index in [1.807, 2.05) is 70.2 Å². The number of carbonyl (C=O) groups is 1. The second-order valence-corrected chi connectivity index (χ2v) is 7.69. The van der Waals surface area contributed by atoms with Crippen molar-refractivity contribution >= 4 is 22.4 Å². The molecular weight excluding hydrogens is 372 g/mol. The molecule has 0 saturated heterocycles. The molecule has 0 atom stereocenters. The Hall–Kier alpha value is -2.86. The molecule has 5 nitrogen and oxygen atoms in total. The number of hydrogen-bond donors (Lipinski definition) is 1. The van der Waals surface area contributed by atoms with Gasteiger partial charge >= 0.3 is 0 Å². The Morgan fingerprint density at radius 3 is 2.54 bits per heavy atom. The summed E-state index contributed by atoms with van der Waals surface area (Å²) >= 11 is 1.45. The number of benzene rings is 2. The molecule has 6 heteroatoms. The smallest absolute Gasteiger partial charge is 0.264 e. The molecule has 1 heterocycles. The fourth-order valence-electron chi connectivity index (χ4n) is 2.75. The molecule has 1 N–H and O–H groups in total. The Bertz CT molecular complexity index is 964. The van der Waals surface area contributed by atoms with Crippen LogP contribution < -0.4 is 14.8 Å². The van der Waals surface area contributed by atoms with Crippen LogP contribution in [0.1, 0.15) is 22.9 Å². The van der Waals surface area contributed by atoms with Crippen molar-refractivity contribution in [1.29, 1.82) is 0 Å². The minimum absolute atomic E-state index is 0.0543. The number of thiazole rings is 1. The van der Waals surface area contributed by atoms with Crippen molar-refractivity contribution in [3.05, 3.63) is 58.5 Å². The first kappa shape index (κ1) is 19.9. The number of hydrogen-bond acceptors (Lipinski definition) is 5. The van der Waals surface area contributed by atoms with Gasteiger partial charge in [-0.2, -0.15) is 0 Å². The molecule has 0 aliphatic rings. The largest absolute Gasteiger partial charge is 0.494 e. The Labute approximate surface area is 169 Å². The number of anilines is 1. The van der Waals surface area contributed by atoms with Crippen molar-refractivity contribution in [3.8, 4) is 22.8 Å². The number of carbonyl (C=O) groups excluding carboxylic acids is 1. The van der Waals surface area contributed by atoms with Crippen LogP contribution in [0.25, 0.3) is 11.3 Å². The van der Waals surface area contributed by atoms with Crippen LogP contribution >= 0.6 is 11.3 Å². The van der Waals surface area contributed by atoms with Crippen molar-refractivity contribution in [2.24, 2.45) is 0 Å². The van der Waals surface area contributed by atoms with Crippen molar-refractivity contribution in [2.75, 3.05) is 18.5 Å². The number of rotatable bonds is 7. The minimum Gasteiger partial charge on any atom is -0.494 e. The summed E-state index contributed by atoms with van der Waals surface area (Å²) in [5.74, 6) is 1.32. The summed E-state index contributed by atoms with van der Waals surface area (Å²) in [6.07, 6.45) is 0. The maximum Gasteiger partial charge on any atom is 0.264 e. The lowest BCUT2D eigenvalue weighted by molar-refractivity contribution is -0.118. The van der Waals surface area contributed by atoms with Gasteiger partial charge in [-0.3, -0.25) is 10.1 Å². The van der Waals surface area contributed by atoms with Gasteiger partial charge in [0, 0.05) is 10.4 Å². The van der Waals surface area contributed by atoms with Crippen LogP contribution in [0.5, 0.6) is 11.5 Å². The Morgan fingerprint density at radius 2 is 1.82 bits per heavy atom. The SMILES string of the molecule is CCOc1ccc(-c2nc(NC(=O)COc3cc(C)ccc3C)sc2C)cc1. The van der Waals surface area contributed by atoms with E-state index in [9.17, 15) is 4.79 Å². The molecule has 0 aliphatic heterocycles. The summed E-state index contributed by atoms with van der Waals surface area (Å²) in [5.41, 5.74) is 3.95. The first-order valence-corrected chi connectivity index (χ1v) is 9.98. The van der Waals surface area contributed by atoms with Gasteiger partial charge in [0.2, 0.25) is 0 Å². The van der Waals surface area contributed by atoms with Gasteiger partial charge in [-0.25, -0.2) is 4.98 Å². The predicted molar refractivity (Wildman–Crippen MR) is 113 cm³/mol. The van der Waals surface area contributed by atoms with Gasteiger partial charge in [-0.1, -0.05) is 12.1 Å². The maximum atomic E-state index is 12.3. The van der Waals surface area contributed by atoms with E-state index in [1.165, 1.54) is 11.3 Å². The summed E-state index contributed by atoms with van der Waals surface area (Å²) in [5, 5.41) is 3.39. The molecule has 0 unspecified atom stereocenters. The number of aryl methyl sites for hydroxylation is 3. The number of amides is 1. The van der Waals surface area contributed by atoms with E-state index in [1.54, 1.807) is 0 Å². The Kier molecular flexibility index (Phi) is 6.31. The summed E-state index contributed by atoms with van der Waals surface area (Å²) in [6.45, 7) is 8.48. The average molecular weight is 397 g/mol. The molecule has 146 valence electrons. The fraction of sp³-hybridized carbons (Fsp3) is 0.273. The summed E-state index contributed by atoms with van der Waals surface area (Å²) in [6, 6.07) is 13.7. The topological polar surface area (TPSA) is 60.5 Å². The number of aromatic nitrogens is 1. The van der Waals surface area contributed by atoms with E-state index >= 15 is 0 Å². The molecule has 28 heavy (non-hydrogen) atoms. The number of nitrogens with one attached hydrogen (secondary N) is 1. The summed E-state index contributed by atoms with van der Waals surface area (Å²) in [4.78, 5) is 17.9. The van der Waals surface area contributed by atoms with Crippen LogP contribution in [-0.4, -0.2) is 24.1 Å². The second kappa shape index (κ2) is 8.89. The standard InChI is InChI=1S/C22H24N2O3S/c1-5-26-18-10-8-17(9-11-18)21-16(4)28-22(24-21)23-20(25)13-27-19-12-14(2)6-7-15(19)3/h6-12H,5,13H2,1-4H3,(H,23,24,25). The molecule has 0 fully saturated rings. The minimum atomic E-state index is -0.229. The van der Waals surface area contributed by atoms with E-state index in [2.05, 4.69) is 10.3 Å². The lowest BCUT2D eigenvalue weighted by Crippen LogP contribution is -2.20. The van der Waals surface area contributed by atoms with Gasteiger partial charge in [0.25, 0.3) is 5.91 Å². The highest BCUT2D eigenvalue weighted by atomic mass is 32.1. The monoisotopic (exact) mass is 396 g/mol. The lowest BCUT2D eigenvalue weighted by atomic mass is 10.1. The number of ether oxygens (including phenoxy) is 2. The normalized spacial score (nSPS) is 10.6. The average Bonchev–Trinajstić information content (AvgIpc) is 3.03. The molecule has 0 spiro atoms. The van der Waals surface area contributed by atoms with E-state index in [0.29, 0.717) is 11.7 Å². The zero-order valence-electron chi connectivity index (χ0n) is 16.5. The number of nitrogens with zero attached hydrogens (tertiary/aromatic N) is 1. The zero-order valence-corrected chi connectivity index (χ0v) is 17.4. The third kappa shape index (κ3) is 4.89. The molecule has 0 saturated carbocycles. The van der Waals surface area contributed by atoms with Gasteiger partial charge in [0.05, 0.1) is 12.3 Å². The van der Waals surface area contributed by atoms with Crippen LogP contribution in [0.2, 0.25) is 0 Å². The molecule has 1 amide bonds. The van der Waals surface area contributed by atoms with E-state index < -0.39 is 0 Å². The first-order valence-electron chi connectivity index (χ1n) is 9.17. The predicted octanol–water partition coefficient (Wildman–Crippen LogP) is 5.15. The molecular formula is C22H24N2O3S. The van der Waals surface area contributed by atoms with Crippen molar-refractivity contribution in [1.82, 2.24) is 4.98 Å². The highest BCUT2D eigenvalue weighted by Crippen LogP contribution is 2.31. The third-order valence-electron chi connectivity index (χ3n) is 4.18. The van der Waals surface area contributed by atoms with Gasteiger partial charge < -0.3 is 9.47 Å². The summed E-state index contributed by atoms with van der Waals surface area (Å²) in [7, 11) is 0. The van der Waals surface area contributed by atoms with Gasteiger partial charge in [0.1, 0.15) is 11.5 Å². The molecule has 0 bridgehead atoms. The highest BCUT2D eigenvalue weighted by molar-refractivity contribution is 7.16. The van der Waals surface area contributed by atoms with Crippen LogP contribution in [0, 0.1) is 20.8 Å². The van der Waals surface area contributed by atoms with E-state index in [0.717, 1.165) is 38.8 Å². The van der Waals surface area contributed by atoms with Gasteiger partial charge in [-0.15, -0.1) is 11.3 Å². The zero-order chi connectivity index (χ0) is 20.1. The first-order chi connectivity index (χ1) is 13.5. The lowest BCUT2D eigenvalue weighted by Gasteiger charge is -2.09. The van der Waals surface area contributed by atoms with Crippen molar-refractivity contribution < 1.29 is 14.3 Å². The molecule has 2 aromatic carbocycles. The fourth-order valence-corrected chi connectivity index (χ4v) is 3.61. The van der Waals surface area contributed by atoms with Gasteiger partial charge in [-0.05, 0) is 69.2 Å². The van der Waals surface area contributed by atoms with Crippen molar-refractivity contribution in [3.63, 3.8) is 0 Å². The second-order valence-electron chi connectivity index (χ2n) is 6.49. The van der Waals surface area contributed by atoms with E-state index in [-0.39, 0.29) is 12.5 Å². The van der Waals surface area contributed by atoms with E-state index in [4.69, 9.17) is 9.47 Å². The molecule has 1 aromatic heterocycles. The highest BCUT2D eigenvalue weighted by Gasteiger charge is 2.13. The summed E-state index contributed by atoms with van der Waals surface area (Å²) < 4.78 is 11.1.